The van der Waals surface area contributed by atoms with E-state index < -0.39 is 17.0 Å². The van der Waals surface area contributed by atoms with Crippen molar-refractivity contribution < 1.29 is 14.6 Å². The van der Waals surface area contributed by atoms with E-state index in [0.29, 0.717) is 25.1 Å². The summed E-state index contributed by atoms with van der Waals surface area (Å²) in [6.45, 7) is 4.35. The van der Waals surface area contributed by atoms with Crippen LogP contribution in [0.5, 0.6) is 11.5 Å². The number of ether oxygens (including phenoxy) is 1. The first-order valence-corrected chi connectivity index (χ1v) is 9.20. The number of anilines is 1. The smallest absolute Gasteiger partial charge is 0.332 e. The van der Waals surface area contributed by atoms with Gasteiger partial charge in [0.25, 0.3) is 5.56 Å². The summed E-state index contributed by atoms with van der Waals surface area (Å²) < 4.78 is 7.66. The minimum atomic E-state index is -0.646. The highest BCUT2D eigenvalue weighted by Gasteiger charge is 2.32. The van der Waals surface area contributed by atoms with Crippen molar-refractivity contribution in [2.45, 2.75) is 26.8 Å². The standard InChI is InChI=1S/C19H20ClN3O5/c1-4-6-23-17-14(18(26)22(3)19(23)27)16(25)12(21-17)8-10-7-11(20)15(24)13(9-10)28-5-2/h7-9,21,24H,4-6H2,1-3H3/b12-8-. The lowest BCUT2D eigenvalue weighted by Gasteiger charge is -2.11. The number of nitrogens with one attached hydrogen (secondary N) is 1. The van der Waals surface area contributed by atoms with E-state index in [1.165, 1.54) is 29.8 Å². The minimum absolute atomic E-state index is 0.0690. The first-order chi connectivity index (χ1) is 13.3. The maximum Gasteiger partial charge on any atom is 0.332 e. The van der Waals surface area contributed by atoms with Crippen LogP contribution in [0.1, 0.15) is 36.2 Å². The van der Waals surface area contributed by atoms with Crippen LogP contribution in [-0.4, -0.2) is 26.6 Å². The number of aromatic hydroxyl groups is 1. The maximum atomic E-state index is 12.8. The molecule has 2 N–H and O–H groups in total. The van der Waals surface area contributed by atoms with Gasteiger partial charge in [-0.15, -0.1) is 0 Å². The van der Waals surface area contributed by atoms with Crippen LogP contribution in [0.15, 0.2) is 27.4 Å². The molecule has 2 heterocycles. The number of benzene rings is 1. The molecule has 1 aliphatic heterocycles. The average molecular weight is 406 g/mol. The molecule has 1 aromatic heterocycles. The molecule has 0 unspecified atom stereocenters. The molecule has 0 spiro atoms. The summed E-state index contributed by atoms with van der Waals surface area (Å²) in [5.74, 6) is -0.322. The molecule has 0 amide bonds. The summed E-state index contributed by atoms with van der Waals surface area (Å²) in [6, 6.07) is 3.01. The van der Waals surface area contributed by atoms with Crippen molar-refractivity contribution in [2.24, 2.45) is 7.05 Å². The molecular formula is C19H20ClN3O5. The molecule has 3 rings (SSSR count). The second kappa shape index (κ2) is 7.55. The van der Waals surface area contributed by atoms with E-state index in [1.807, 2.05) is 6.92 Å². The molecule has 0 atom stereocenters. The number of Topliss-reactive ketones (excluding diaryl/α,β-unsaturated/α-hetero) is 1. The highest BCUT2D eigenvalue weighted by atomic mass is 35.5. The number of phenols is 1. The quantitative estimate of drug-likeness (QED) is 0.740. The summed E-state index contributed by atoms with van der Waals surface area (Å²) in [5.41, 5.74) is -0.579. The maximum absolute atomic E-state index is 12.8. The second-order valence-electron chi connectivity index (χ2n) is 6.32. The number of aromatic nitrogens is 2. The van der Waals surface area contributed by atoms with Gasteiger partial charge in [-0.3, -0.25) is 18.7 Å². The van der Waals surface area contributed by atoms with Crippen molar-refractivity contribution in [3.05, 3.63) is 54.8 Å². The Bertz CT molecular complexity index is 1110. The van der Waals surface area contributed by atoms with Crippen LogP contribution in [0.25, 0.3) is 6.08 Å². The molecule has 0 saturated carbocycles. The van der Waals surface area contributed by atoms with E-state index in [9.17, 15) is 19.5 Å². The third kappa shape index (κ3) is 3.20. The molecule has 148 valence electrons. The third-order valence-corrected chi connectivity index (χ3v) is 4.66. The fourth-order valence-electron chi connectivity index (χ4n) is 3.06. The number of hydrogen-bond acceptors (Lipinski definition) is 6. The Kier molecular flexibility index (Phi) is 5.33. The molecule has 28 heavy (non-hydrogen) atoms. The van der Waals surface area contributed by atoms with Crippen molar-refractivity contribution in [2.75, 3.05) is 11.9 Å². The summed E-state index contributed by atoms with van der Waals surface area (Å²) in [4.78, 5) is 37.7. The molecule has 0 bridgehead atoms. The summed E-state index contributed by atoms with van der Waals surface area (Å²) in [6.07, 6.45) is 2.15. The van der Waals surface area contributed by atoms with Gasteiger partial charge in [-0.05, 0) is 37.1 Å². The topological polar surface area (TPSA) is 103 Å². The molecule has 1 aromatic carbocycles. The van der Waals surface area contributed by atoms with Gasteiger partial charge in [0.1, 0.15) is 11.4 Å². The summed E-state index contributed by atoms with van der Waals surface area (Å²) in [7, 11) is 1.35. The first-order valence-electron chi connectivity index (χ1n) is 8.82. The number of halogens is 1. The van der Waals surface area contributed by atoms with Crippen LogP contribution in [-0.2, 0) is 13.6 Å². The Balaban J connectivity index is 2.13. The van der Waals surface area contributed by atoms with Crippen LogP contribution in [0.2, 0.25) is 5.02 Å². The average Bonchev–Trinajstić information content (AvgIpc) is 2.97. The zero-order valence-electron chi connectivity index (χ0n) is 15.7. The van der Waals surface area contributed by atoms with Crippen LogP contribution in [0, 0.1) is 0 Å². The van der Waals surface area contributed by atoms with E-state index >= 15 is 0 Å². The summed E-state index contributed by atoms with van der Waals surface area (Å²) >= 11 is 6.04. The lowest BCUT2D eigenvalue weighted by atomic mass is 10.1. The Labute approximate surface area is 165 Å². The fourth-order valence-corrected chi connectivity index (χ4v) is 3.28. The number of carbonyl (C=O) groups excluding carboxylic acids is 1. The zero-order chi connectivity index (χ0) is 20.6. The first kappa shape index (κ1) is 19.8. The molecule has 0 aliphatic carbocycles. The largest absolute Gasteiger partial charge is 0.503 e. The van der Waals surface area contributed by atoms with Gasteiger partial charge in [-0.25, -0.2) is 4.79 Å². The second-order valence-corrected chi connectivity index (χ2v) is 6.72. The van der Waals surface area contributed by atoms with Crippen LogP contribution >= 0.6 is 11.6 Å². The van der Waals surface area contributed by atoms with Gasteiger partial charge < -0.3 is 15.2 Å². The van der Waals surface area contributed by atoms with Gasteiger partial charge in [-0.1, -0.05) is 18.5 Å². The molecule has 0 saturated heterocycles. The van der Waals surface area contributed by atoms with Crippen LogP contribution < -0.4 is 21.3 Å². The Morgan fingerprint density at radius 3 is 2.61 bits per heavy atom. The van der Waals surface area contributed by atoms with Crippen molar-refractivity contribution in [3.63, 3.8) is 0 Å². The van der Waals surface area contributed by atoms with E-state index in [0.717, 1.165) is 4.57 Å². The van der Waals surface area contributed by atoms with Gasteiger partial charge in [0, 0.05) is 13.6 Å². The van der Waals surface area contributed by atoms with Gasteiger partial charge in [-0.2, -0.15) is 0 Å². The van der Waals surface area contributed by atoms with Gasteiger partial charge in [0.05, 0.1) is 17.3 Å². The van der Waals surface area contributed by atoms with E-state index in [2.05, 4.69) is 5.32 Å². The van der Waals surface area contributed by atoms with Crippen molar-refractivity contribution in [3.8, 4) is 11.5 Å². The normalized spacial score (nSPS) is 14.3. The monoisotopic (exact) mass is 405 g/mol. The fraction of sp³-hybridized carbons (Fsp3) is 0.316. The third-order valence-electron chi connectivity index (χ3n) is 4.38. The van der Waals surface area contributed by atoms with Gasteiger partial charge >= 0.3 is 5.69 Å². The molecule has 9 heteroatoms. The predicted molar refractivity (Wildman–Crippen MR) is 106 cm³/mol. The molecular weight excluding hydrogens is 386 g/mol. The highest BCUT2D eigenvalue weighted by molar-refractivity contribution is 6.32. The molecule has 8 nitrogen and oxygen atoms in total. The van der Waals surface area contributed by atoms with Gasteiger partial charge in [0.2, 0.25) is 5.78 Å². The Morgan fingerprint density at radius 1 is 1.25 bits per heavy atom. The number of nitrogens with zero attached hydrogens (tertiary/aromatic N) is 2. The molecule has 0 fully saturated rings. The van der Waals surface area contributed by atoms with Crippen molar-refractivity contribution >= 4 is 29.3 Å². The van der Waals surface area contributed by atoms with E-state index in [4.69, 9.17) is 16.3 Å². The van der Waals surface area contributed by atoms with Crippen LogP contribution in [0.3, 0.4) is 0 Å². The van der Waals surface area contributed by atoms with Crippen molar-refractivity contribution in [1.29, 1.82) is 0 Å². The van der Waals surface area contributed by atoms with E-state index in [1.54, 1.807) is 6.92 Å². The number of ketones is 1. The van der Waals surface area contributed by atoms with E-state index in [-0.39, 0.29) is 33.6 Å². The number of allylic oxidation sites excluding steroid dienone is 1. The number of hydrogen-bond donors (Lipinski definition) is 2. The summed E-state index contributed by atoms with van der Waals surface area (Å²) in [5, 5.41) is 12.9. The SMILES string of the molecule is CCCn1c2c(c(=O)n(C)c1=O)C(=O)/C(=C/c1cc(Cl)c(O)c(OCC)c1)N2. The van der Waals surface area contributed by atoms with Crippen molar-refractivity contribution in [1.82, 2.24) is 9.13 Å². The predicted octanol–water partition coefficient (Wildman–Crippen LogP) is 2.36. The Hall–Kier alpha value is -3.00. The minimum Gasteiger partial charge on any atom is -0.503 e. The molecule has 1 aliphatic rings. The molecule has 2 aromatic rings. The highest BCUT2D eigenvalue weighted by Crippen LogP contribution is 2.36. The number of carbonyl (C=O) groups is 1. The zero-order valence-corrected chi connectivity index (χ0v) is 16.5. The lowest BCUT2D eigenvalue weighted by molar-refractivity contribution is 0.104. The van der Waals surface area contributed by atoms with Gasteiger partial charge in [0.15, 0.2) is 11.5 Å². The number of phenolic OH excluding ortho intramolecular Hbond substituents is 1. The Morgan fingerprint density at radius 2 is 1.96 bits per heavy atom. The molecule has 0 radical (unpaired) electrons. The lowest BCUT2D eigenvalue weighted by Crippen LogP contribution is -2.40. The van der Waals surface area contributed by atoms with Crippen LogP contribution in [0.4, 0.5) is 5.82 Å². The number of fused-ring (bicyclic) bond motifs is 1. The number of rotatable bonds is 5.